The van der Waals surface area contributed by atoms with Crippen LogP contribution in [0.4, 0.5) is 4.39 Å². The van der Waals surface area contributed by atoms with Crippen LogP contribution in [-0.2, 0) is 6.42 Å². The first-order chi connectivity index (χ1) is 14.4. The SMILES string of the molecule is NC(=O)c1cc(-c2ccc(F)cc2)c2ccc(C(O)Cc3ccc(Cl)nc3)cc2n1. The van der Waals surface area contributed by atoms with Crippen molar-refractivity contribution in [1.29, 1.82) is 0 Å². The molecule has 0 bridgehead atoms. The first-order valence-electron chi connectivity index (χ1n) is 9.19. The maximum Gasteiger partial charge on any atom is 0.267 e. The highest BCUT2D eigenvalue weighted by atomic mass is 35.5. The van der Waals surface area contributed by atoms with E-state index in [1.807, 2.05) is 6.07 Å². The standard InChI is InChI=1S/C23H17ClFN3O2/c24-22-8-1-13(12-27-22)9-21(29)15-4-7-17-18(14-2-5-16(25)6-3-14)11-20(23(26)30)28-19(17)10-15/h1-8,10-12,21,29H,9H2,(H2,26,30). The van der Waals surface area contributed by atoms with Gasteiger partial charge in [-0.15, -0.1) is 0 Å². The Bertz CT molecular complexity index is 1230. The summed E-state index contributed by atoms with van der Waals surface area (Å²) >= 11 is 5.80. The van der Waals surface area contributed by atoms with E-state index in [-0.39, 0.29) is 11.5 Å². The average Bonchev–Trinajstić information content (AvgIpc) is 2.74. The summed E-state index contributed by atoms with van der Waals surface area (Å²) in [5.74, 6) is -1.02. The lowest BCUT2D eigenvalue weighted by atomic mass is 9.96. The monoisotopic (exact) mass is 421 g/mol. The van der Waals surface area contributed by atoms with Crippen LogP contribution in [0.3, 0.4) is 0 Å². The molecule has 0 aliphatic carbocycles. The second-order valence-corrected chi connectivity index (χ2v) is 7.30. The van der Waals surface area contributed by atoms with E-state index in [1.54, 1.807) is 48.7 Å². The third kappa shape index (κ3) is 4.15. The predicted octanol–water partition coefficient (Wildman–Crippen LogP) is 4.46. The summed E-state index contributed by atoms with van der Waals surface area (Å²) < 4.78 is 13.3. The largest absolute Gasteiger partial charge is 0.388 e. The van der Waals surface area contributed by atoms with E-state index in [1.165, 1.54) is 12.1 Å². The molecular weight excluding hydrogens is 405 g/mol. The number of aliphatic hydroxyl groups is 1. The molecule has 0 fully saturated rings. The Balaban J connectivity index is 1.76. The van der Waals surface area contributed by atoms with Crippen molar-refractivity contribution in [2.24, 2.45) is 5.73 Å². The molecule has 4 rings (SSSR count). The number of carbonyl (C=O) groups excluding carboxylic acids is 1. The molecule has 0 radical (unpaired) electrons. The van der Waals surface area contributed by atoms with Gasteiger partial charge in [-0.05, 0) is 52.6 Å². The van der Waals surface area contributed by atoms with E-state index in [2.05, 4.69) is 9.97 Å². The van der Waals surface area contributed by atoms with E-state index >= 15 is 0 Å². The minimum atomic E-state index is -0.800. The lowest BCUT2D eigenvalue weighted by molar-refractivity contribution is 0.0996. The number of nitrogens with zero attached hydrogens (tertiary/aromatic N) is 2. The molecule has 2 heterocycles. The molecule has 4 aromatic rings. The van der Waals surface area contributed by atoms with Gasteiger partial charge in [0.15, 0.2) is 0 Å². The highest BCUT2D eigenvalue weighted by molar-refractivity contribution is 6.29. The molecule has 1 amide bonds. The van der Waals surface area contributed by atoms with E-state index in [0.717, 1.165) is 16.5 Å². The molecule has 150 valence electrons. The predicted molar refractivity (Wildman–Crippen MR) is 114 cm³/mol. The summed E-state index contributed by atoms with van der Waals surface area (Å²) in [4.78, 5) is 20.2. The Morgan fingerprint density at radius 2 is 1.87 bits per heavy atom. The van der Waals surface area contributed by atoms with Gasteiger partial charge in [0.25, 0.3) is 5.91 Å². The first kappa shape index (κ1) is 19.9. The highest BCUT2D eigenvalue weighted by Gasteiger charge is 2.15. The maximum absolute atomic E-state index is 13.3. The van der Waals surface area contributed by atoms with Crippen molar-refractivity contribution in [3.63, 3.8) is 0 Å². The van der Waals surface area contributed by atoms with Crippen molar-refractivity contribution < 1.29 is 14.3 Å². The number of hydrogen-bond acceptors (Lipinski definition) is 4. The molecule has 7 heteroatoms. The van der Waals surface area contributed by atoms with E-state index in [4.69, 9.17) is 17.3 Å². The zero-order valence-electron chi connectivity index (χ0n) is 15.7. The van der Waals surface area contributed by atoms with E-state index in [0.29, 0.717) is 28.2 Å². The van der Waals surface area contributed by atoms with Crippen LogP contribution in [0.2, 0.25) is 5.15 Å². The fraction of sp³-hybridized carbons (Fsp3) is 0.0870. The van der Waals surface area contributed by atoms with Gasteiger partial charge in [0.1, 0.15) is 16.7 Å². The Morgan fingerprint density at radius 3 is 2.53 bits per heavy atom. The average molecular weight is 422 g/mol. The molecule has 0 saturated carbocycles. The number of amides is 1. The number of aliphatic hydroxyl groups excluding tert-OH is 1. The second-order valence-electron chi connectivity index (χ2n) is 6.91. The van der Waals surface area contributed by atoms with Crippen LogP contribution in [0, 0.1) is 5.82 Å². The number of fused-ring (bicyclic) bond motifs is 1. The summed E-state index contributed by atoms with van der Waals surface area (Å²) in [6.45, 7) is 0. The molecule has 5 nitrogen and oxygen atoms in total. The number of rotatable bonds is 5. The Labute approximate surface area is 177 Å². The maximum atomic E-state index is 13.3. The molecule has 1 unspecified atom stereocenters. The number of aromatic nitrogens is 2. The van der Waals surface area contributed by atoms with Crippen molar-refractivity contribution in [2.75, 3.05) is 0 Å². The van der Waals surface area contributed by atoms with Gasteiger partial charge in [-0.1, -0.05) is 41.9 Å². The molecule has 2 aromatic heterocycles. The number of pyridine rings is 2. The Hall–Kier alpha value is -3.35. The fourth-order valence-corrected chi connectivity index (χ4v) is 3.43. The molecular formula is C23H17ClFN3O2. The number of carbonyl (C=O) groups is 1. The van der Waals surface area contributed by atoms with Crippen molar-refractivity contribution >= 4 is 28.4 Å². The van der Waals surface area contributed by atoms with Gasteiger partial charge in [-0.25, -0.2) is 14.4 Å². The number of benzene rings is 2. The zero-order chi connectivity index (χ0) is 21.3. The van der Waals surface area contributed by atoms with Gasteiger partial charge in [0.2, 0.25) is 0 Å². The lowest BCUT2D eigenvalue weighted by Gasteiger charge is -2.14. The summed E-state index contributed by atoms with van der Waals surface area (Å²) in [5.41, 5.74) is 8.96. The first-order valence-corrected chi connectivity index (χ1v) is 9.57. The summed E-state index contributed by atoms with van der Waals surface area (Å²) in [6, 6.07) is 16.4. The van der Waals surface area contributed by atoms with Gasteiger partial charge < -0.3 is 10.8 Å². The molecule has 2 aromatic carbocycles. The minimum absolute atomic E-state index is 0.0929. The number of primary amides is 1. The molecule has 0 spiro atoms. The van der Waals surface area contributed by atoms with E-state index in [9.17, 15) is 14.3 Å². The summed E-state index contributed by atoms with van der Waals surface area (Å²) in [5, 5.41) is 11.8. The molecule has 1 atom stereocenters. The van der Waals surface area contributed by atoms with Crippen LogP contribution < -0.4 is 5.73 Å². The Kier molecular flexibility index (Phi) is 5.44. The van der Waals surface area contributed by atoms with Crippen molar-refractivity contribution in [2.45, 2.75) is 12.5 Å². The molecule has 3 N–H and O–H groups in total. The topological polar surface area (TPSA) is 89.1 Å². The minimum Gasteiger partial charge on any atom is -0.388 e. The van der Waals surface area contributed by atoms with Crippen LogP contribution in [-0.4, -0.2) is 21.0 Å². The molecule has 0 saturated heterocycles. The van der Waals surface area contributed by atoms with E-state index < -0.39 is 12.0 Å². The quantitative estimate of drug-likeness (QED) is 0.465. The van der Waals surface area contributed by atoms with Crippen LogP contribution in [0.5, 0.6) is 0 Å². The second kappa shape index (κ2) is 8.18. The smallest absolute Gasteiger partial charge is 0.267 e. The molecule has 0 aliphatic rings. The number of hydrogen-bond donors (Lipinski definition) is 2. The van der Waals surface area contributed by atoms with Gasteiger partial charge in [-0.2, -0.15) is 0 Å². The van der Waals surface area contributed by atoms with Crippen LogP contribution >= 0.6 is 11.6 Å². The van der Waals surface area contributed by atoms with Crippen molar-refractivity contribution in [3.8, 4) is 11.1 Å². The van der Waals surface area contributed by atoms with Gasteiger partial charge >= 0.3 is 0 Å². The molecule has 0 aliphatic heterocycles. The van der Waals surface area contributed by atoms with Crippen LogP contribution in [0.15, 0.2) is 66.9 Å². The fourth-order valence-electron chi connectivity index (χ4n) is 3.32. The number of halogens is 2. The van der Waals surface area contributed by atoms with Crippen LogP contribution in [0.1, 0.15) is 27.7 Å². The summed E-state index contributed by atoms with van der Waals surface area (Å²) in [7, 11) is 0. The molecule has 30 heavy (non-hydrogen) atoms. The normalized spacial score (nSPS) is 12.1. The van der Waals surface area contributed by atoms with Crippen LogP contribution in [0.25, 0.3) is 22.0 Å². The summed E-state index contributed by atoms with van der Waals surface area (Å²) in [6.07, 6.45) is 1.16. The highest BCUT2D eigenvalue weighted by Crippen LogP contribution is 2.31. The zero-order valence-corrected chi connectivity index (χ0v) is 16.5. The van der Waals surface area contributed by atoms with Gasteiger partial charge in [0, 0.05) is 18.0 Å². The van der Waals surface area contributed by atoms with Gasteiger partial charge in [-0.3, -0.25) is 4.79 Å². The van der Waals surface area contributed by atoms with Crippen molar-refractivity contribution in [3.05, 3.63) is 94.7 Å². The van der Waals surface area contributed by atoms with Gasteiger partial charge in [0.05, 0.1) is 11.6 Å². The van der Waals surface area contributed by atoms with Crippen molar-refractivity contribution in [1.82, 2.24) is 9.97 Å². The third-order valence-electron chi connectivity index (χ3n) is 4.84. The lowest BCUT2D eigenvalue weighted by Crippen LogP contribution is -2.13. The third-order valence-corrected chi connectivity index (χ3v) is 5.07. The Morgan fingerprint density at radius 1 is 1.10 bits per heavy atom. The number of nitrogens with two attached hydrogens (primary N) is 1.